The number of benzene rings is 1. The Morgan fingerprint density at radius 2 is 1.96 bits per heavy atom. The SMILES string of the molecule is CC#C[C@](C)(Oc1ccc(Oc2ncc(Cl)cc2F)cc1)C(=O)O. The van der Waals surface area contributed by atoms with Crippen LogP contribution in [0.4, 0.5) is 4.39 Å². The topological polar surface area (TPSA) is 68.7 Å². The maximum Gasteiger partial charge on any atom is 0.360 e. The molecule has 0 aliphatic heterocycles. The number of ether oxygens (including phenoxy) is 2. The lowest BCUT2D eigenvalue weighted by Crippen LogP contribution is -2.39. The predicted molar refractivity (Wildman–Crippen MR) is 85.8 cm³/mol. The van der Waals surface area contributed by atoms with Gasteiger partial charge in [-0.15, -0.1) is 5.92 Å². The van der Waals surface area contributed by atoms with Gasteiger partial charge >= 0.3 is 5.97 Å². The molecular formula is C17H13ClFNO4. The molecule has 2 aromatic rings. The monoisotopic (exact) mass is 349 g/mol. The molecule has 1 N–H and O–H groups in total. The minimum Gasteiger partial charge on any atom is -0.478 e. The van der Waals surface area contributed by atoms with E-state index in [-0.39, 0.29) is 16.7 Å². The Kier molecular flexibility index (Phi) is 5.27. The molecule has 7 heteroatoms. The highest BCUT2D eigenvalue weighted by atomic mass is 35.5. The molecule has 24 heavy (non-hydrogen) atoms. The summed E-state index contributed by atoms with van der Waals surface area (Å²) in [5, 5.41) is 9.38. The summed E-state index contributed by atoms with van der Waals surface area (Å²) < 4.78 is 24.3. The van der Waals surface area contributed by atoms with E-state index in [4.69, 9.17) is 21.1 Å². The fraction of sp³-hybridized carbons (Fsp3) is 0.176. The maximum atomic E-state index is 13.6. The van der Waals surface area contributed by atoms with E-state index in [1.165, 1.54) is 44.3 Å². The molecule has 0 aliphatic carbocycles. The summed E-state index contributed by atoms with van der Waals surface area (Å²) >= 11 is 5.62. The molecule has 0 unspecified atom stereocenters. The third-order valence-electron chi connectivity index (χ3n) is 2.91. The zero-order valence-corrected chi connectivity index (χ0v) is 13.6. The molecule has 1 aromatic carbocycles. The number of halogens is 2. The molecule has 0 saturated carbocycles. The van der Waals surface area contributed by atoms with Crippen molar-refractivity contribution in [3.63, 3.8) is 0 Å². The summed E-state index contributed by atoms with van der Waals surface area (Å²) in [4.78, 5) is 15.0. The average Bonchev–Trinajstić information content (AvgIpc) is 2.52. The van der Waals surface area contributed by atoms with Crippen LogP contribution in [0.1, 0.15) is 13.8 Å². The number of carboxylic acids is 1. The summed E-state index contributed by atoms with van der Waals surface area (Å²) in [6, 6.07) is 7.05. The molecule has 1 atom stereocenters. The Hall–Kier alpha value is -2.78. The zero-order valence-electron chi connectivity index (χ0n) is 12.8. The second-order valence-corrected chi connectivity index (χ2v) is 5.27. The lowest BCUT2D eigenvalue weighted by molar-refractivity contribution is -0.149. The van der Waals surface area contributed by atoms with Crippen LogP contribution in [0.25, 0.3) is 0 Å². The molecule has 0 fully saturated rings. The Bertz CT molecular complexity index is 814. The van der Waals surface area contributed by atoms with Gasteiger partial charge in [0.25, 0.3) is 11.5 Å². The van der Waals surface area contributed by atoms with E-state index in [1.54, 1.807) is 0 Å². The molecule has 0 aliphatic rings. The Morgan fingerprint density at radius 3 is 2.50 bits per heavy atom. The molecule has 0 radical (unpaired) electrons. The summed E-state index contributed by atoms with van der Waals surface area (Å²) in [6.07, 6.45) is 1.26. The van der Waals surface area contributed by atoms with E-state index in [0.717, 1.165) is 6.07 Å². The van der Waals surface area contributed by atoms with E-state index >= 15 is 0 Å². The van der Waals surface area contributed by atoms with Gasteiger partial charge in [-0.05, 0) is 50.1 Å². The van der Waals surface area contributed by atoms with Gasteiger partial charge in [-0.2, -0.15) is 0 Å². The maximum absolute atomic E-state index is 13.6. The quantitative estimate of drug-likeness (QED) is 0.829. The molecule has 124 valence electrons. The first-order chi connectivity index (χ1) is 11.3. The minimum absolute atomic E-state index is 0.161. The minimum atomic E-state index is -1.67. The number of carboxylic acid groups (broad SMARTS) is 1. The molecule has 1 aromatic heterocycles. The van der Waals surface area contributed by atoms with Gasteiger partial charge in [-0.1, -0.05) is 11.6 Å². The van der Waals surface area contributed by atoms with Crippen LogP contribution < -0.4 is 9.47 Å². The highest BCUT2D eigenvalue weighted by Crippen LogP contribution is 2.27. The zero-order chi connectivity index (χ0) is 17.7. The molecule has 0 saturated heterocycles. The molecule has 0 amide bonds. The van der Waals surface area contributed by atoms with Crippen molar-refractivity contribution in [2.75, 3.05) is 0 Å². The van der Waals surface area contributed by atoms with Crippen LogP contribution in [0.3, 0.4) is 0 Å². The first-order valence-corrected chi connectivity index (χ1v) is 7.17. The summed E-state index contributed by atoms with van der Waals surface area (Å²) in [6.45, 7) is 2.87. The number of hydrogen-bond donors (Lipinski definition) is 1. The van der Waals surface area contributed by atoms with Crippen LogP contribution in [-0.2, 0) is 4.79 Å². The Balaban J connectivity index is 2.15. The Morgan fingerprint density at radius 1 is 1.33 bits per heavy atom. The van der Waals surface area contributed by atoms with Crippen molar-refractivity contribution in [3.8, 4) is 29.2 Å². The molecule has 0 spiro atoms. The van der Waals surface area contributed by atoms with Crippen LogP contribution in [0.2, 0.25) is 5.02 Å². The van der Waals surface area contributed by atoms with Gasteiger partial charge in [0.2, 0.25) is 0 Å². The Labute approximate surface area is 143 Å². The van der Waals surface area contributed by atoms with Crippen molar-refractivity contribution in [1.82, 2.24) is 4.98 Å². The lowest BCUT2D eigenvalue weighted by Gasteiger charge is -2.20. The van der Waals surface area contributed by atoms with Gasteiger partial charge in [-0.3, -0.25) is 0 Å². The largest absolute Gasteiger partial charge is 0.478 e. The third kappa shape index (κ3) is 4.15. The molecule has 2 rings (SSSR count). The van der Waals surface area contributed by atoms with Crippen molar-refractivity contribution in [2.45, 2.75) is 19.4 Å². The van der Waals surface area contributed by atoms with Crippen molar-refractivity contribution in [1.29, 1.82) is 0 Å². The van der Waals surface area contributed by atoms with Crippen LogP contribution in [-0.4, -0.2) is 21.7 Å². The van der Waals surface area contributed by atoms with E-state index in [2.05, 4.69) is 16.8 Å². The van der Waals surface area contributed by atoms with Crippen molar-refractivity contribution in [2.24, 2.45) is 0 Å². The third-order valence-corrected chi connectivity index (χ3v) is 3.11. The normalized spacial score (nSPS) is 12.5. The van der Waals surface area contributed by atoms with Crippen LogP contribution >= 0.6 is 11.6 Å². The highest BCUT2D eigenvalue weighted by molar-refractivity contribution is 6.30. The molecule has 1 heterocycles. The van der Waals surface area contributed by atoms with E-state index in [1.807, 2.05) is 0 Å². The first-order valence-electron chi connectivity index (χ1n) is 6.79. The first kappa shape index (κ1) is 17.6. The fourth-order valence-corrected chi connectivity index (χ4v) is 1.91. The van der Waals surface area contributed by atoms with Crippen molar-refractivity contribution >= 4 is 17.6 Å². The number of aromatic nitrogens is 1. The van der Waals surface area contributed by atoms with Gasteiger partial charge in [0.15, 0.2) is 5.82 Å². The number of carbonyl (C=O) groups is 1. The summed E-state index contributed by atoms with van der Waals surface area (Å²) in [7, 11) is 0. The molecule has 0 bridgehead atoms. The van der Waals surface area contributed by atoms with Crippen LogP contribution in [0.5, 0.6) is 17.4 Å². The van der Waals surface area contributed by atoms with Crippen molar-refractivity contribution in [3.05, 3.63) is 47.4 Å². The van der Waals surface area contributed by atoms with E-state index < -0.39 is 17.4 Å². The molecule has 5 nitrogen and oxygen atoms in total. The van der Waals surface area contributed by atoms with Crippen molar-refractivity contribution < 1.29 is 23.8 Å². The predicted octanol–water partition coefficient (Wildman–Crippen LogP) is 3.91. The fourth-order valence-electron chi connectivity index (χ4n) is 1.76. The average molecular weight is 350 g/mol. The van der Waals surface area contributed by atoms with Gasteiger partial charge in [0.05, 0.1) is 5.02 Å². The summed E-state index contributed by atoms with van der Waals surface area (Å²) in [5.74, 6) is 3.48. The number of nitrogens with zero attached hydrogens (tertiary/aromatic N) is 1. The van der Waals surface area contributed by atoms with E-state index in [0.29, 0.717) is 5.75 Å². The van der Waals surface area contributed by atoms with Gasteiger partial charge in [0, 0.05) is 6.20 Å². The highest BCUT2D eigenvalue weighted by Gasteiger charge is 2.33. The van der Waals surface area contributed by atoms with Gasteiger partial charge in [0.1, 0.15) is 11.5 Å². The van der Waals surface area contributed by atoms with Gasteiger partial charge in [-0.25, -0.2) is 14.2 Å². The van der Waals surface area contributed by atoms with Gasteiger partial charge < -0.3 is 14.6 Å². The smallest absolute Gasteiger partial charge is 0.360 e. The summed E-state index contributed by atoms with van der Waals surface area (Å²) in [5.41, 5.74) is -1.67. The second-order valence-electron chi connectivity index (χ2n) is 4.83. The second kappa shape index (κ2) is 7.20. The number of aliphatic carboxylic acids is 1. The number of hydrogen-bond acceptors (Lipinski definition) is 4. The lowest BCUT2D eigenvalue weighted by atomic mass is 10.1. The number of pyridine rings is 1. The van der Waals surface area contributed by atoms with Crippen LogP contribution in [0.15, 0.2) is 36.5 Å². The van der Waals surface area contributed by atoms with Crippen LogP contribution in [0, 0.1) is 17.7 Å². The standard InChI is InChI=1S/C17H13ClFNO4/c1-3-8-17(2,16(21)22)24-13-6-4-12(5-7-13)23-15-14(19)9-11(18)10-20-15/h4-7,9-10H,1-2H3,(H,21,22)/t17-/m0/s1. The number of rotatable bonds is 5. The molecular weight excluding hydrogens is 337 g/mol. The van der Waals surface area contributed by atoms with E-state index in [9.17, 15) is 14.3 Å².